The highest BCUT2D eigenvalue weighted by atomic mass is 16.5. The maximum absolute atomic E-state index is 12.4. The average Bonchev–Trinajstić information content (AvgIpc) is 2.73. The predicted molar refractivity (Wildman–Crippen MR) is 111 cm³/mol. The molecule has 7 nitrogen and oxygen atoms in total. The van der Waals surface area contributed by atoms with Crippen LogP contribution < -0.4 is 10.1 Å². The number of benzene rings is 2. The van der Waals surface area contributed by atoms with Crippen molar-refractivity contribution in [3.63, 3.8) is 0 Å². The molecule has 30 heavy (non-hydrogen) atoms. The van der Waals surface area contributed by atoms with Crippen LogP contribution >= 0.6 is 0 Å². The normalized spacial score (nSPS) is 11.3. The number of rotatable bonds is 9. The first-order valence-corrected chi connectivity index (χ1v) is 9.83. The van der Waals surface area contributed by atoms with E-state index in [0.717, 1.165) is 11.1 Å². The average molecular weight is 413 g/mol. The molecule has 1 amide bonds. The van der Waals surface area contributed by atoms with Crippen molar-refractivity contribution in [3.05, 3.63) is 64.7 Å². The minimum atomic E-state index is -0.845. The van der Waals surface area contributed by atoms with Crippen molar-refractivity contribution in [2.75, 3.05) is 13.2 Å². The standard InChI is InChI=1S/C23H27NO6/c1-5-28-22(26)18-11-19(23(27)29-6-2)13-20(12-18)30-16(4)21(25)24-14-17-9-7-15(3)8-10-17/h7-13,16H,5-6,14H2,1-4H3,(H,24,25)/t16-/m1/s1. The number of amides is 1. The summed E-state index contributed by atoms with van der Waals surface area (Å²) in [5.41, 5.74) is 2.39. The molecule has 0 spiro atoms. The van der Waals surface area contributed by atoms with Crippen LogP contribution in [0, 0.1) is 6.92 Å². The fourth-order valence-electron chi connectivity index (χ4n) is 2.63. The molecule has 0 aromatic heterocycles. The van der Waals surface area contributed by atoms with Crippen LogP contribution in [0.3, 0.4) is 0 Å². The van der Waals surface area contributed by atoms with Crippen LogP contribution in [0.5, 0.6) is 5.75 Å². The molecule has 0 aliphatic heterocycles. The Morgan fingerprint density at radius 3 is 1.93 bits per heavy atom. The van der Waals surface area contributed by atoms with E-state index in [4.69, 9.17) is 14.2 Å². The van der Waals surface area contributed by atoms with Crippen LogP contribution in [0.2, 0.25) is 0 Å². The second-order valence-electron chi connectivity index (χ2n) is 6.65. The Morgan fingerprint density at radius 1 is 0.900 bits per heavy atom. The third-order valence-corrected chi connectivity index (χ3v) is 4.20. The summed E-state index contributed by atoms with van der Waals surface area (Å²) in [7, 11) is 0. The van der Waals surface area contributed by atoms with Crippen molar-refractivity contribution in [2.24, 2.45) is 0 Å². The first-order chi connectivity index (χ1) is 14.3. The lowest BCUT2D eigenvalue weighted by atomic mass is 10.1. The Labute approximate surface area is 176 Å². The van der Waals surface area contributed by atoms with Gasteiger partial charge in [0.25, 0.3) is 5.91 Å². The number of aryl methyl sites for hydroxylation is 1. The Kier molecular flexibility index (Phi) is 8.41. The van der Waals surface area contributed by atoms with Gasteiger partial charge in [0.15, 0.2) is 6.10 Å². The number of nitrogens with one attached hydrogen (secondary N) is 1. The van der Waals surface area contributed by atoms with E-state index in [2.05, 4.69) is 5.32 Å². The van der Waals surface area contributed by atoms with Crippen LogP contribution in [-0.2, 0) is 20.8 Å². The highest BCUT2D eigenvalue weighted by molar-refractivity contribution is 5.96. The summed E-state index contributed by atoms with van der Waals surface area (Å²) in [6.07, 6.45) is -0.845. The van der Waals surface area contributed by atoms with Crippen LogP contribution in [0.1, 0.15) is 52.6 Å². The molecule has 2 aromatic carbocycles. The molecule has 7 heteroatoms. The van der Waals surface area contributed by atoms with E-state index in [1.165, 1.54) is 18.2 Å². The summed E-state index contributed by atoms with van der Waals surface area (Å²) in [5, 5.41) is 2.81. The monoisotopic (exact) mass is 413 g/mol. The number of ether oxygens (including phenoxy) is 3. The van der Waals surface area contributed by atoms with Crippen molar-refractivity contribution in [3.8, 4) is 5.75 Å². The summed E-state index contributed by atoms with van der Waals surface area (Å²) in [6.45, 7) is 7.70. The summed E-state index contributed by atoms with van der Waals surface area (Å²) < 4.78 is 15.7. The molecule has 2 aromatic rings. The molecular formula is C23H27NO6. The summed E-state index contributed by atoms with van der Waals surface area (Å²) in [6, 6.07) is 12.1. The van der Waals surface area contributed by atoms with Gasteiger partial charge >= 0.3 is 11.9 Å². The zero-order valence-corrected chi connectivity index (χ0v) is 17.7. The maximum atomic E-state index is 12.4. The Balaban J connectivity index is 2.11. The van der Waals surface area contributed by atoms with Crippen molar-refractivity contribution in [2.45, 2.75) is 40.3 Å². The van der Waals surface area contributed by atoms with Gasteiger partial charge in [0.1, 0.15) is 5.75 Å². The van der Waals surface area contributed by atoms with Gasteiger partial charge < -0.3 is 19.5 Å². The van der Waals surface area contributed by atoms with Gasteiger partial charge in [-0.25, -0.2) is 9.59 Å². The minimum absolute atomic E-state index is 0.143. The van der Waals surface area contributed by atoms with E-state index in [-0.39, 0.29) is 36.0 Å². The molecule has 0 aliphatic carbocycles. The van der Waals surface area contributed by atoms with Crippen molar-refractivity contribution < 1.29 is 28.6 Å². The van der Waals surface area contributed by atoms with Crippen LogP contribution in [0.4, 0.5) is 0 Å². The van der Waals surface area contributed by atoms with Crippen LogP contribution in [0.15, 0.2) is 42.5 Å². The number of hydrogen-bond acceptors (Lipinski definition) is 6. The molecule has 1 N–H and O–H groups in total. The van der Waals surface area contributed by atoms with Gasteiger partial charge in [-0.15, -0.1) is 0 Å². The molecule has 2 rings (SSSR count). The minimum Gasteiger partial charge on any atom is -0.481 e. The summed E-state index contributed by atoms with van der Waals surface area (Å²) in [5.74, 6) is -1.31. The lowest BCUT2D eigenvalue weighted by Gasteiger charge is -2.16. The second-order valence-corrected chi connectivity index (χ2v) is 6.65. The number of carbonyl (C=O) groups excluding carboxylic acids is 3. The van der Waals surface area contributed by atoms with Crippen LogP contribution in [0.25, 0.3) is 0 Å². The molecular weight excluding hydrogens is 386 g/mol. The molecule has 0 radical (unpaired) electrons. The highest BCUT2D eigenvalue weighted by Crippen LogP contribution is 2.20. The largest absolute Gasteiger partial charge is 0.481 e. The molecule has 0 heterocycles. The molecule has 1 atom stereocenters. The van der Waals surface area contributed by atoms with Crippen molar-refractivity contribution in [1.82, 2.24) is 5.32 Å². The van der Waals surface area contributed by atoms with E-state index in [1.807, 2.05) is 31.2 Å². The third-order valence-electron chi connectivity index (χ3n) is 4.20. The highest BCUT2D eigenvalue weighted by Gasteiger charge is 2.19. The van der Waals surface area contributed by atoms with Crippen molar-refractivity contribution in [1.29, 1.82) is 0 Å². The molecule has 0 bridgehead atoms. The Bertz CT molecular complexity index is 855. The van der Waals surface area contributed by atoms with E-state index >= 15 is 0 Å². The number of esters is 2. The topological polar surface area (TPSA) is 90.9 Å². The van der Waals surface area contributed by atoms with Gasteiger partial charge in [0.05, 0.1) is 24.3 Å². The van der Waals surface area contributed by atoms with E-state index in [1.54, 1.807) is 20.8 Å². The fraction of sp³-hybridized carbons (Fsp3) is 0.348. The SMILES string of the molecule is CCOC(=O)c1cc(O[C@H](C)C(=O)NCc2ccc(C)cc2)cc(C(=O)OCC)c1. The molecule has 0 saturated heterocycles. The van der Waals surface area contributed by atoms with Gasteiger partial charge in [-0.2, -0.15) is 0 Å². The molecule has 160 valence electrons. The Hall–Kier alpha value is -3.35. The quantitative estimate of drug-likeness (QED) is 0.634. The number of carbonyl (C=O) groups is 3. The van der Waals surface area contributed by atoms with Gasteiger partial charge in [-0.05, 0) is 51.5 Å². The van der Waals surface area contributed by atoms with E-state index in [9.17, 15) is 14.4 Å². The summed E-state index contributed by atoms with van der Waals surface area (Å²) >= 11 is 0. The smallest absolute Gasteiger partial charge is 0.338 e. The lowest BCUT2D eigenvalue weighted by molar-refractivity contribution is -0.127. The zero-order valence-electron chi connectivity index (χ0n) is 17.7. The van der Waals surface area contributed by atoms with Gasteiger partial charge in [-0.3, -0.25) is 4.79 Å². The van der Waals surface area contributed by atoms with Crippen molar-refractivity contribution >= 4 is 17.8 Å². The molecule has 0 fully saturated rings. The summed E-state index contributed by atoms with van der Waals surface area (Å²) in [4.78, 5) is 36.7. The van der Waals surface area contributed by atoms with Gasteiger partial charge in [-0.1, -0.05) is 29.8 Å². The van der Waals surface area contributed by atoms with Gasteiger partial charge in [0, 0.05) is 6.54 Å². The first-order valence-electron chi connectivity index (χ1n) is 9.83. The third kappa shape index (κ3) is 6.62. The molecule has 0 saturated carbocycles. The second kappa shape index (κ2) is 11.0. The van der Waals surface area contributed by atoms with Crippen LogP contribution in [-0.4, -0.2) is 37.2 Å². The van der Waals surface area contributed by atoms with Gasteiger partial charge in [0.2, 0.25) is 0 Å². The zero-order chi connectivity index (χ0) is 22.1. The first kappa shape index (κ1) is 22.9. The maximum Gasteiger partial charge on any atom is 0.338 e. The fourth-order valence-corrected chi connectivity index (χ4v) is 2.63. The molecule has 0 aliphatic rings. The Morgan fingerprint density at radius 2 is 1.43 bits per heavy atom. The number of hydrogen-bond donors (Lipinski definition) is 1. The predicted octanol–water partition coefficient (Wildman–Crippen LogP) is 3.43. The van der Waals surface area contributed by atoms with E-state index in [0.29, 0.717) is 6.54 Å². The lowest BCUT2D eigenvalue weighted by Crippen LogP contribution is -2.36. The van der Waals surface area contributed by atoms with E-state index < -0.39 is 18.0 Å². The molecule has 0 unspecified atom stereocenters.